The van der Waals surface area contributed by atoms with Crippen LogP contribution >= 0.6 is 0 Å². The molecule has 0 bridgehead atoms. The predicted octanol–water partition coefficient (Wildman–Crippen LogP) is 24.1. The zero-order chi connectivity index (χ0) is 59.9. The number of ether oxygens (including phenoxy) is 3. The summed E-state index contributed by atoms with van der Waals surface area (Å²) in [6, 6.07) is 0. The lowest BCUT2D eigenvalue weighted by Crippen LogP contribution is -2.30. The maximum atomic E-state index is 13.0. The third kappa shape index (κ3) is 68.2. The fourth-order valence-corrected chi connectivity index (χ4v) is 9.49. The van der Waals surface area contributed by atoms with Crippen LogP contribution in [0.25, 0.3) is 0 Å². The number of unbranched alkanes of at least 4 members (excludes halogenated alkanes) is 29. The average molecular weight is 1150 g/mol. The molecule has 0 aromatic heterocycles. The number of hydrogen-bond donors (Lipinski definition) is 0. The van der Waals surface area contributed by atoms with Gasteiger partial charge in [-0.1, -0.05) is 296 Å². The molecule has 0 saturated heterocycles. The van der Waals surface area contributed by atoms with Crippen LogP contribution in [0, 0.1) is 0 Å². The van der Waals surface area contributed by atoms with E-state index in [0.717, 1.165) is 135 Å². The van der Waals surface area contributed by atoms with Gasteiger partial charge in [0.2, 0.25) is 0 Å². The van der Waals surface area contributed by atoms with Gasteiger partial charge in [0.1, 0.15) is 13.2 Å². The molecule has 0 aliphatic carbocycles. The summed E-state index contributed by atoms with van der Waals surface area (Å²) in [5.41, 5.74) is 0. The molecule has 83 heavy (non-hydrogen) atoms. The van der Waals surface area contributed by atoms with Gasteiger partial charge in [-0.25, -0.2) is 0 Å². The molecule has 6 nitrogen and oxygen atoms in total. The van der Waals surface area contributed by atoms with Crippen molar-refractivity contribution in [2.45, 2.75) is 322 Å². The molecule has 0 rings (SSSR count). The summed E-state index contributed by atoms with van der Waals surface area (Å²) in [4.78, 5) is 38.5. The molecule has 1 atom stereocenters. The van der Waals surface area contributed by atoms with Gasteiger partial charge in [0, 0.05) is 19.3 Å². The summed E-state index contributed by atoms with van der Waals surface area (Å²) in [6.45, 7) is 6.42. The van der Waals surface area contributed by atoms with Crippen molar-refractivity contribution in [3.05, 3.63) is 134 Å². The second kappa shape index (κ2) is 70.0. The maximum Gasteiger partial charge on any atom is 0.306 e. The molecule has 0 radical (unpaired) electrons. The highest BCUT2D eigenvalue weighted by molar-refractivity contribution is 5.71. The second-order valence-corrected chi connectivity index (χ2v) is 22.7. The molecule has 6 heteroatoms. The Kier molecular flexibility index (Phi) is 66.3. The first-order chi connectivity index (χ1) is 41.0. The van der Waals surface area contributed by atoms with Gasteiger partial charge < -0.3 is 14.2 Å². The number of carbonyl (C=O) groups is 3. The molecule has 0 N–H and O–H groups in total. The summed E-state index contributed by atoms with van der Waals surface area (Å²) in [7, 11) is 0. The van der Waals surface area contributed by atoms with Crippen LogP contribution in [-0.4, -0.2) is 37.2 Å². The molecular weight excluding hydrogens is 1020 g/mol. The van der Waals surface area contributed by atoms with E-state index in [4.69, 9.17) is 14.2 Å². The van der Waals surface area contributed by atoms with Gasteiger partial charge in [-0.05, 0) is 135 Å². The van der Waals surface area contributed by atoms with Gasteiger partial charge in [-0.15, -0.1) is 0 Å². The molecule has 0 heterocycles. The summed E-state index contributed by atoms with van der Waals surface area (Å²) < 4.78 is 17.0. The van der Waals surface area contributed by atoms with Crippen LogP contribution in [-0.2, 0) is 28.6 Å². The Labute approximate surface area is 513 Å². The molecule has 0 fully saturated rings. The van der Waals surface area contributed by atoms with Gasteiger partial charge in [0.05, 0.1) is 0 Å². The van der Waals surface area contributed by atoms with Gasteiger partial charge in [-0.2, -0.15) is 0 Å². The number of allylic oxidation sites excluding steroid dienone is 22. The first-order valence-corrected chi connectivity index (χ1v) is 34.7. The van der Waals surface area contributed by atoms with E-state index >= 15 is 0 Å². The highest BCUT2D eigenvalue weighted by Gasteiger charge is 2.19. The monoisotopic (exact) mass is 1150 g/mol. The Morgan fingerprint density at radius 1 is 0.253 bits per heavy atom. The first kappa shape index (κ1) is 78.5. The molecule has 0 aliphatic heterocycles. The molecule has 0 spiro atoms. The van der Waals surface area contributed by atoms with Crippen molar-refractivity contribution in [1.82, 2.24) is 0 Å². The summed E-state index contributed by atoms with van der Waals surface area (Å²) in [5, 5.41) is 0. The lowest BCUT2D eigenvalue weighted by atomic mass is 10.0. The fourth-order valence-electron chi connectivity index (χ4n) is 9.49. The van der Waals surface area contributed by atoms with Gasteiger partial charge >= 0.3 is 17.9 Å². The van der Waals surface area contributed by atoms with Crippen molar-refractivity contribution in [3.8, 4) is 0 Å². The fraction of sp³-hybridized carbons (Fsp3) is 0.675. The van der Waals surface area contributed by atoms with Gasteiger partial charge in [0.25, 0.3) is 0 Å². The van der Waals surface area contributed by atoms with Crippen LogP contribution < -0.4 is 0 Å². The van der Waals surface area contributed by atoms with E-state index in [9.17, 15) is 14.4 Å². The summed E-state index contributed by atoms with van der Waals surface area (Å²) in [5.74, 6) is -0.904. The van der Waals surface area contributed by atoms with Crippen LogP contribution in [0.4, 0.5) is 0 Å². The highest BCUT2D eigenvalue weighted by atomic mass is 16.6. The topological polar surface area (TPSA) is 78.9 Å². The van der Waals surface area contributed by atoms with E-state index in [1.54, 1.807) is 0 Å². The minimum Gasteiger partial charge on any atom is -0.462 e. The van der Waals surface area contributed by atoms with Gasteiger partial charge in [-0.3, -0.25) is 14.4 Å². The minimum absolute atomic E-state index is 0.0890. The van der Waals surface area contributed by atoms with Crippen molar-refractivity contribution in [3.63, 3.8) is 0 Å². The third-order valence-corrected chi connectivity index (χ3v) is 14.6. The highest BCUT2D eigenvalue weighted by Crippen LogP contribution is 2.16. The van der Waals surface area contributed by atoms with E-state index < -0.39 is 6.10 Å². The van der Waals surface area contributed by atoms with E-state index in [-0.39, 0.29) is 31.1 Å². The second-order valence-electron chi connectivity index (χ2n) is 22.7. The standard InChI is InChI=1S/C77H128O6/c1-4-7-10-13-16-19-22-25-28-31-33-35-37-38-40-41-43-46-49-52-55-58-61-64-67-70-76(79)82-73-74(72-81-75(78)69-66-63-60-57-54-51-48-45-30-27-24-21-18-15-12-9-6-3)83-77(80)71-68-65-62-59-56-53-50-47-44-42-39-36-34-32-29-26-23-20-17-14-11-8-5-2/h7-8,10-11,16-17,19-20,25-30,33-36,38,40,43,46,74H,4-6,9,12-15,18,21-24,31-32,37,39,41-42,44-45,47-73H2,1-3H3/b10-7-,11-8-,19-16-,20-17-,28-25-,29-26-,30-27-,35-33-,36-34-,40-38-,46-43-. The smallest absolute Gasteiger partial charge is 0.306 e. The van der Waals surface area contributed by atoms with Crippen LogP contribution in [0.3, 0.4) is 0 Å². The molecular formula is C77H128O6. The van der Waals surface area contributed by atoms with Crippen LogP contribution in [0.5, 0.6) is 0 Å². The Morgan fingerprint density at radius 2 is 0.470 bits per heavy atom. The van der Waals surface area contributed by atoms with Crippen molar-refractivity contribution in [2.75, 3.05) is 13.2 Å². The van der Waals surface area contributed by atoms with Gasteiger partial charge in [0.15, 0.2) is 6.10 Å². The van der Waals surface area contributed by atoms with Crippen molar-refractivity contribution in [1.29, 1.82) is 0 Å². The molecule has 0 saturated carbocycles. The SMILES string of the molecule is CC/C=C\C/C=C\C/C=C\C/C=C\C/C=C\C/C=C\CCCCCCCCC(=O)OCC(COC(=O)CCCCCCCCC/C=C\CCCCCCCC)OC(=O)CCCCCCCCCCCC/C=C\C/C=C\C/C=C\C/C=C\CC. The summed E-state index contributed by atoms with van der Waals surface area (Å²) >= 11 is 0. The Bertz CT molecular complexity index is 1750. The Morgan fingerprint density at radius 3 is 0.747 bits per heavy atom. The largest absolute Gasteiger partial charge is 0.462 e. The van der Waals surface area contributed by atoms with Crippen molar-refractivity contribution in [2.24, 2.45) is 0 Å². The van der Waals surface area contributed by atoms with Crippen molar-refractivity contribution < 1.29 is 28.6 Å². The number of rotatable bonds is 62. The molecule has 0 aliphatic rings. The Balaban J connectivity index is 4.43. The van der Waals surface area contributed by atoms with Crippen LogP contribution in [0.1, 0.15) is 316 Å². The van der Waals surface area contributed by atoms with Crippen molar-refractivity contribution >= 4 is 17.9 Å². The first-order valence-electron chi connectivity index (χ1n) is 34.7. The molecule has 0 amide bonds. The quantitative estimate of drug-likeness (QED) is 0.0261. The van der Waals surface area contributed by atoms with E-state index in [0.29, 0.717) is 19.3 Å². The average Bonchev–Trinajstić information content (AvgIpc) is 3.49. The number of hydrogen-bond acceptors (Lipinski definition) is 6. The zero-order valence-corrected chi connectivity index (χ0v) is 54.2. The molecule has 0 aromatic carbocycles. The number of carbonyl (C=O) groups excluding carboxylic acids is 3. The lowest BCUT2D eigenvalue weighted by molar-refractivity contribution is -0.167. The van der Waals surface area contributed by atoms with E-state index in [2.05, 4.69) is 154 Å². The lowest BCUT2D eigenvalue weighted by Gasteiger charge is -2.18. The third-order valence-electron chi connectivity index (χ3n) is 14.6. The van der Waals surface area contributed by atoms with Crippen LogP contribution in [0.2, 0.25) is 0 Å². The van der Waals surface area contributed by atoms with Crippen LogP contribution in [0.15, 0.2) is 134 Å². The summed E-state index contributed by atoms with van der Waals surface area (Å²) in [6.07, 6.45) is 98.9. The molecule has 0 aromatic rings. The predicted molar refractivity (Wildman–Crippen MR) is 362 cm³/mol. The number of esters is 3. The molecule has 1 unspecified atom stereocenters. The Hall–Kier alpha value is -4.45. The zero-order valence-electron chi connectivity index (χ0n) is 54.2. The normalized spacial score (nSPS) is 13.0. The van der Waals surface area contributed by atoms with E-state index in [1.165, 1.54) is 141 Å². The van der Waals surface area contributed by atoms with E-state index in [1.807, 2.05) is 0 Å². The molecule has 472 valence electrons. The maximum absolute atomic E-state index is 13.0. The minimum atomic E-state index is -0.795.